The number of carbonyl (C=O) groups is 3. The summed E-state index contributed by atoms with van der Waals surface area (Å²) in [4.78, 5) is 38.3. The van der Waals surface area contributed by atoms with E-state index in [0.29, 0.717) is 19.3 Å². The minimum Gasteiger partial charge on any atom is -0.462 e. The number of esters is 3. The molecule has 0 aromatic heterocycles. The van der Waals surface area contributed by atoms with E-state index in [1.54, 1.807) is 0 Å². The largest absolute Gasteiger partial charge is 0.462 e. The van der Waals surface area contributed by atoms with E-state index in [2.05, 4.69) is 167 Å². The van der Waals surface area contributed by atoms with Crippen LogP contribution in [0.3, 0.4) is 0 Å². The van der Waals surface area contributed by atoms with Crippen molar-refractivity contribution in [3.05, 3.63) is 158 Å². The maximum atomic E-state index is 12.9. The molecule has 0 heterocycles. The molecule has 0 aliphatic heterocycles. The third-order valence-electron chi connectivity index (χ3n) is 12.8. The van der Waals surface area contributed by atoms with E-state index in [-0.39, 0.29) is 31.6 Å². The van der Waals surface area contributed by atoms with Crippen molar-refractivity contribution in [2.24, 2.45) is 0 Å². The zero-order valence-electron chi connectivity index (χ0n) is 50.1. The summed E-state index contributed by atoms with van der Waals surface area (Å²) in [6.07, 6.45) is 93.9. The van der Waals surface area contributed by atoms with Crippen LogP contribution in [0.25, 0.3) is 0 Å². The quantitative estimate of drug-likeness (QED) is 0.0261. The summed E-state index contributed by atoms with van der Waals surface area (Å²) in [6, 6.07) is 0. The van der Waals surface area contributed by atoms with Crippen molar-refractivity contribution in [2.45, 2.75) is 264 Å². The van der Waals surface area contributed by atoms with Crippen molar-refractivity contribution in [3.8, 4) is 0 Å². The van der Waals surface area contributed by atoms with E-state index in [4.69, 9.17) is 14.2 Å². The average Bonchev–Trinajstić information content (AvgIpc) is 3.44. The Morgan fingerprint density at radius 3 is 0.833 bits per heavy atom. The SMILES string of the molecule is CC/C=C\C/C=C\C/C=C\C/C=C\C/C=C\C/C=C\CCC(=O)OC(COC(=O)CCCCCCCCC/C=C\C/C=C\C/C=C\C/C=C\C/C=C\CC)COC(=O)CCCCCCCCC/C=C\C/C=C\CCCCCC. The Balaban J connectivity index is 4.55. The molecule has 0 amide bonds. The van der Waals surface area contributed by atoms with Gasteiger partial charge in [0.2, 0.25) is 0 Å². The molecule has 0 aliphatic carbocycles. The van der Waals surface area contributed by atoms with Gasteiger partial charge in [-0.3, -0.25) is 14.4 Å². The van der Waals surface area contributed by atoms with Gasteiger partial charge in [-0.15, -0.1) is 0 Å². The van der Waals surface area contributed by atoms with Crippen LogP contribution in [0, 0.1) is 0 Å². The molecule has 0 bridgehead atoms. The van der Waals surface area contributed by atoms with Crippen LogP contribution in [0.15, 0.2) is 158 Å². The second kappa shape index (κ2) is 64.6. The lowest BCUT2D eigenvalue weighted by Crippen LogP contribution is -2.30. The molecule has 0 aliphatic rings. The molecule has 0 fully saturated rings. The molecule has 0 rings (SSSR count). The lowest BCUT2D eigenvalue weighted by molar-refractivity contribution is -0.166. The predicted octanol–water partition coefficient (Wildman–Crippen LogP) is 21.7. The zero-order chi connectivity index (χ0) is 56.4. The Morgan fingerprint density at radius 1 is 0.269 bits per heavy atom. The summed E-state index contributed by atoms with van der Waals surface area (Å²) in [6.45, 7) is 6.32. The van der Waals surface area contributed by atoms with Crippen LogP contribution in [0.1, 0.15) is 258 Å². The normalized spacial score (nSPS) is 13.2. The van der Waals surface area contributed by atoms with Gasteiger partial charge >= 0.3 is 17.9 Å². The summed E-state index contributed by atoms with van der Waals surface area (Å²) in [7, 11) is 0. The zero-order valence-corrected chi connectivity index (χ0v) is 50.1. The van der Waals surface area contributed by atoms with Crippen molar-refractivity contribution in [1.82, 2.24) is 0 Å². The highest BCUT2D eigenvalue weighted by atomic mass is 16.6. The first-order valence-corrected chi connectivity index (χ1v) is 31.5. The summed E-state index contributed by atoms with van der Waals surface area (Å²) in [5.74, 6) is -1.03. The second-order valence-corrected chi connectivity index (χ2v) is 20.2. The van der Waals surface area contributed by atoms with Gasteiger partial charge in [-0.25, -0.2) is 0 Å². The van der Waals surface area contributed by atoms with Crippen LogP contribution in [0.5, 0.6) is 0 Å². The van der Waals surface area contributed by atoms with Gasteiger partial charge in [0.25, 0.3) is 0 Å². The van der Waals surface area contributed by atoms with Crippen LogP contribution in [-0.4, -0.2) is 37.2 Å². The summed E-state index contributed by atoms with van der Waals surface area (Å²) < 4.78 is 16.8. The van der Waals surface area contributed by atoms with Crippen LogP contribution >= 0.6 is 0 Å². The fourth-order valence-corrected chi connectivity index (χ4v) is 8.11. The molecule has 1 atom stereocenters. The maximum Gasteiger partial charge on any atom is 0.306 e. The topological polar surface area (TPSA) is 78.9 Å². The van der Waals surface area contributed by atoms with Crippen molar-refractivity contribution in [1.29, 1.82) is 0 Å². The van der Waals surface area contributed by atoms with E-state index in [1.807, 2.05) is 12.2 Å². The molecule has 0 spiro atoms. The minimum atomic E-state index is -0.836. The number of ether oxygens (including phenoxy) is 3. The van der Waals surface area contributed by atoms with Gasteiger partial charge in [-0.05, 0) is 135 Å². The summed E-state index contributed by atoms with van der Waals surface area (Å²) in [5.41, 5.74) is 0. The van der Waals surface area contributed by atoms with Gasteiger partial charge in [-0.1, -0.05) is 262 Å². The molecule has 6 heteroatoms. The van der Waals surface area contributed by atoms with E-state index in [1.165, 1.54) is 83.5 Å². The van der Waals surface area contributed by atoms with Gasteiger partial charge in [-0.2, -0.15) is 0 Å². The second-order valence-electron chi connectivity index (χ2n) is 20.2. The van der Waals surface area contributed by atoms with E-state index < -0.39 is 12.1 Å². The summed E-state index contributed by atoms with van der Waals surface area (Å²) >= 11 is 0. The maximum absolute atomic E-state index is 12.9. The molecule has 0 radical (unpaired) electrons. The van der Waals surface area contributed by atoms with Gasteiger partial charge in [0, 0.05) is 19.3 Å². The van der Waals surface area contributed by atoms with Crippen LogP contribution < -0.4 is 0 Å². The highest BCUT2D eigenvalue weighted by Crippen LogP contribution is 2.14. The van der Waals surface area contributed by atoms with E-state index >= 15 is 0 Å². The fourth-order valence-electron chi connectivity index (χ4n) is 8.11. The molecule has 1 unspecified atom stereocenters. The van der Waals surface area contributed by atoms with Gasteiger partial charge in [0.05, 0.1) is 0 Å². The van der Waals surface area contributed by atoms with Gasteiger partial charge in [0.15, 0.2) is 6.10 Å². The molecular formula is C72H114O6. The van der Waals surface area contributed by atoms with Crippen LogP contribution in [0.4, 0.5) is 0 Å². The number of hydrogen-bond acceptors (Lipinski definition) is 6. The van der Waals surface area contributed by atoms with Crippen molar-refractivity contribution in [2.75, 3.05) is 13.2 Å². The lowest BCUT2D eigenvalue weighted by Gasteiger charge is -2.18. The Bertz CT molecular complexity index is 1760. The Labute approximate surface area is 480 Å². The molecule has 0 saturated heterocycles. The summed E-state index contributed by atoms with van der Waals surface area (Å²) in [5, 5.41) is 0. The van der Waals surface area contributed by atoms with Gasteiger partial charge < -0.3 is 14.2 Å². The highest BCUT2D eigenvalue weighted by Gasteiger charge is 2.19. The Morgan fingerprint density at radius 2 is 0.526 bits per heavy atom. The van der Waals surface area contributed by atoms with Crippen LogP contribution in [0.2, 0.25) is 0 Å². The van der Waals surface area contributed by atoms with Crippen LogP contribution in [-0.2, 0) is 28.6 Å². The molecule has 6 nitrogen and oxygen atoms in total. The van der Waals surface area contributed by atoms with E-state index in [9.17, 15) is 14.4 Å². The lowest BCUT2D eigenvalue weighted by atomic mass is 10.1. The average molecular weight is 1080 g/mol. The van der Waals surface area contributed by atoms with E-state index in [0.717, 1.165) is 128 Å². The Kier molecular flexibility index (Phi) is 60.4. The first-order chi connectivity index (χ1) is 38.5. The van der Waals surface area contributed by atoms with Gasteiger partial charge in [0.1, 0.15) is 13.2 Å². The molecule has 0 N–H and O–H groups in total. The first-order valence-electron chi connectivity index (χ1n) is 31.5. The third-order valence-corrected chi connectivity index (χ3v) is 12.8. The minimum absolute atomic E-state index is 0.122. The first kappa shape index (κ1) is 73.0. The highest BCUT2D eigenvalue weighted by molar-refractivity contribution is 5.71. The molecule has 438 valence electrons. The molecule has 0 aromatic carbocycles. The molecule has 0 aromatic rings. The van der Waals surface area contributed by atoms with Crippen molar-refractivity contribution in [3.63, 3.8) is 0 Å². The number of rotatable bonds is 55. The third kappa shape index (κ3) is 61.9. The molecule has 78 heavy (non-hydrogen) atoms. The van der Waals surface area contributed by atoms with Crippen molar-refractivity contribution < 1.29 is 28.6 Å². The number of unbranched alkanes of at least 4 members (excludes halogenated alkanes) is 18. The number of allylic oxidation sites excluding steroid dienone is 26. The van der Waals surface area contributed by atoms with Crippen molar-refractivity contribution >= 4 is 17.9 Å². The standard InChI is InChI=1S/C72H114O6/c1-4-7-10-13-16-19-22-25-28-31-34-35-36-37-39-41-44-47-50-53-56-59-62-65-71(74)77-68-69(67-76-70(73)64-61-58-55-52-49-46-43-40-33-30-27-24-21-18-15-12-9-6-3)78-72(75)66-63-60-57-54-51-48-45-42-38-32-29-26-23-20-17-14-11-8-5-2/h7-8,10-11,16-17,19-21,24-26,28-30,33-35,37-39,42,48,51,57,60,69H,4-6,9,12-15,18,22-23,27,31-32,36,40-41,43-47,49-50,52-56,58-59,61-68H2,1-3H3/b10-7-,11-8-,19-16-,20-17-,24-21-,28-25-,29-26-,33-30-,35-34-,39-37-,42-38-,51-48-,60-57-. The number of hydrogen-bond donors (Lipinski definition) is 0. The molecule has 0 saturated carbocycles. The Hall–Kier alpha value is -4.97. The molecular weight excluding hydrogens is 961 g/mol. The fraction of sp³-hybridized carbons (Fsp3) is 0.597. The predicted molar refractivity (Wildman–Crippen MR) is 338 cm³/mol. The number of carbonyl (C=O) groups excluding carboxylic acids is 3. The smallest absolute Gasteiger partial charge is 0.306 e. The monoisotopic (exact) mass is 1070 g/mol.